The van der Waals surface area contributed by atoms with Gasteiger partial charge in [-0.15, -0.1) is 0 Å². The minimum absolute atomic E-state index is 0.180. The van der Waals surface area contributed by atoms with Crippen molar-refractivity contribution in [2.24, 2.45) is 0 Å². The van der Waals surface area contributed by atoms with Gasteiger partial charge in [0, 0.05) is 13.1 Å². The summed E-state index contributed by atoms with van der Waals surface area (Å²) in [6.07, 6.45) is 2.57. The molecule has 1 N–H and O–H groups in total. The van der Waals surface area contributed by atoms with Crippen molar-refractivity contribution in [3.63, 3.8) is 0 Å². The summed E-state index contributed by atoms with van der Waals surface area (Å²) in [5.74, 6) is 0.674. The van der Waals surface area contributed by atoms with Crippen molar-refractivity contribution in [1.82, 2.24) is 20.1 Å². The molecule has 0 aliphatic rings. The lowest BCUT2D eigenvalue weighted by Gasteiger charge is -2.09. The van der Waals surface area contributed by atoms with Gasteiger partial charge in [0.05, 0.1) is 13.7 Å². The fourth-order valence-corrected chi connectivity index (χ4v) is 1.91. The average Bonchev–Trinajstić information content (AvgIpc) is 2.76. The maximum absolute atomic E-state index is 11.2. The third-order valence-corrected chi connectivity index (χ3v) is 3.14. The Morgan fingerprint density at radius 3 is 3.12 bits per heavy atom. The molecule has 0 bridgehead atoms. The second kappa shape index (κ2) is 7.59. The van der Waals surface area contributed by atoms with Crippen LogP contribution >= 0.6 is 22.6 Å². The van der Waals surface area contributed by atoms with Crippen LogP contribution in [-0.4, -0.2) is 38.3 Å². The predicted molar refractivity (Wildman–Crippen MR) is 71.8 cm³/mol. The zero-order valence-corrected chi connectivity index (χ0v) is 12.2. The molecule has 1 aromatic rings. The average molecular weight is 352 g/mol. The van der Waals surface area contributed by atoms with E-state index in [0.29, 0.717) is 13.1 Å². The number of hydrogen-bond acceptors (Lipinski definition) is 5. The van der Waals surface area contributed by atoms with Crippen LogP contribution in [-0.2, 0) is 22.6 Å². The molecule has 6 nitrogen and oxygen atoms in total. The van der Waals surface area contributed by atoms with Crippen molar-refractivity contribution < 1.29 is 9.53 Å². The van der Waals surface area contributed by atoms with Gasteiger partial charge in [-0.2, -0.15) is 5.10 Å². The fraction of sp³-hybridized carbons (Fsp3) is 0.700. The molecule has 0 aliphatic heterocycles. The van der Waals surface area contributed by atoms with Gasteiger partial charge in [0.2, 0.25) is 0 Å². The van der Waals surface area contributed by atoms with Gasteiger partial charge in [0.1, 0.15) is 16.1 Å². The van der Waals surface area contributed by atoms with Crippen LogP contribution in [0.4, 0.5) is 0 Å². The molecule has 0 aromatic carbocycles. The Kier molecular flexibility index (Phi) is 6.41. The molecule has 96 valence electrons. The quantitative estimate of drug-likeness (QED) is 0.446. The van der Waals surface area contributed by atoms with E-state index in [9.17, 15) is 4.79 Å². The number of aromatic nitrogens is 3. The molecule has 7 heteroatoms. The number of carbonyl (C=O) groups is 1. The molecule has 0 aliphatic carbocycles. The summed E-state index contributed by atoms with van der Waals surface area (Å²) in [5, 5.41) is 7.30. The van der Waals surface area contributed by atoms with Crippen molar-refractivity contribution in [1.29, 1.82) is 0 Å². The molecule has 1 aromatic heterocycles. The highest BCUT2D eigenvalue weighted by molar-refractivity contribution is 14.1. The van der Waals surface area contributed by atoms with Crippen LogP contribution in [0.3, 0.4) is 0 Å². The SMILES string of the molecule is CCCn1ncnc1CNCC(I)C(=O)OC. The van der Waals surface area contributed by atoms with Crippen molar-refractivity contribution in [3.05, 3.63) is 12.2 Å². The zero-order chi connectivity index (χ0) is 12.7. The Balaban J connectivity index is 2.35. The van der Waals surface area contributed by atoms with Gasteiger partial charge >= 0.3 is 5.97 Å². The van der Waals surface area contributed by atoms with E-state index in [1.54, 1.807) is 6.33 Å². The summed E-state index contributed by atoms with van der Waals surface area (Å²) in [4.78, 5) is 15.3. The third kappa shape index (κ3) is 4.58. The molecular formula is C10H17IN4O2. The number of methoxy groups -OCH3 is 1. The maximum atomic E-state index is 11.2. The van der Waals surface area contributed by atoms with E-state index in [1.165, 1.54) is 7.11 Å². The lowest BCUT2D eigenvalue weighted by Crippen LogP contribution is -2.30. The number of nitrogens with one attached hydrogen (secondary N) is 1. The van der Waals surface area contributed by atoms with Gasteiger partial charge in [0.15, 0.2) is 0 Å². The standard InChI is InChI=1S/C10H17IN4O2/c1-3-4-15-9(13-7-14-15)6-12-5-8(11)10(16)17-2/h7-8,12H,3-6H2,1-2H3. The van der Waals surface area contributed by atoms with Crippen LogP contribution in [0.15, 0.2) is 6.33 Å². The molecular weight excluding hydrogens is 335 g/mol. The van der Waals surface area contributed by atoms with Crippen molar-refractivity contribution in [3.8, 4) is 0 Å². The summed E-state index contributed by atoms with van der Waals surface area (Å²) in [6.45, 7) is 4.13. The summed E-state index contributed by atoms with van der Waals surface area (Å²) in [7, 11) is 1.39. The van der Waals surface area contributed by atoms with Gasteiger partial charge in [0.25, 0.3) is 0 Å². The first-order valence-electron chi connectivity index (χ1n) is 5.48. The number of carbonyl (C=O) groups excluding carboxylic acids is 1. The number of ether oxygens (including phenoxy) is 1. The molecule has 0 saturated heterocycles. The molecule has 0 fully saturated rings. The largest absolute Gasteiger partial charge is 0.468 e. The van der Waals surface area contributed by atoms with Gasteiger partial charge in [-0.05, 0) is 6.42 Å². The highest BCUT2D eigenvalue weighted by Gasteiger charge is 2.14. The Hall–Kier alpha value is -0.700. The predicted octanol–water partition coefficient (Wildman–Crippen LogP) is 0.754. The normalized spacial score (nSPS) is 12.4. The highest BCUT2D eigenvalue weighted by Crippen LogP contribution is 2.02. The maximum Gasteiger partial charge on any atom is 0.319 e. The minimum atomic E-state index is -0.215. The molecule has 1 heterocycles. The summed E-state index contributed by atoms with van der Waals surface area (Å²) in [5.41, 5.74) is 0. The number of alkyl halides is 1. The van der Waals surface area contributed by atoms with Crippen LogP contribution < -0.4 is 5.32 Å². The number of aryl methyl sites for hydroxylation is 1. The van der Waals surface area contributed by atoms with Crippen molar-refractivity contribution >= 4 is 28.6 Å². The molecule has 1 atom stereocenters. The van der Waals surface area contributed by atoms with Crippen molar-refractivity contribution in [2.45, 2.75) is 30.4 Å². The van der Waals surface area contributed by atoms with Gasteiger partial charge in [-0.25, -0.2) is 9.67 Å². The summed E-state index contributed by atoms with van der Waals surface area (Å²) >= 11 is 2.05. The Morgan fingerprint density at radius 1 is 1.71 bits per heavy atom. The fourth-order valence-electron chi connectivity index (χ4n) is 1.35. The van der Waals surface area contributed by atoms with E-state index < -0.39 is 0 Å². The van der Waals surface area contributed by atoms with Crippen LogP contribution in [0.5, 0.6) is 0 Å². The molecule has 0 radical (unpaired) electrons. The Labute approximate surface area is 114 Å². The number of esters is 1. The van der Waals surface area contributed by atoms with Crippen molar-refractivity contribution in [2.75, 3.05) is 13.7 Å². The van der Waals surface area contributed by atoms with Gasteiger partial charge in [-0.3, -0.25) is 4.79 Å². The molecule has 17 heavy (non-hydrogen) atoms. The van der Waals surface area contributed by atoms with Gasteiger partial charge < -0.3 is 10.1 Å². The van der Waals surface area contributed by atoms with E-state index in [0.717, 1.165) is 18.8 Å². The smallest absolute Gasteiger partial charge is 0.319 e. The topological polar surface area (TPSA) is 69.0 Å². The molecule has 1 rings (SSSR count). The monoisotopic (exact) mass is 352 g/mol. The summed E-state index contributed by atoms with van der Waals surface area (Å²) in [6, 6.07) is 0. The van der Waals surface area contributed by atoms with E-state index in [1.807, 2.05) is 4.68 Å². The van der Waals surface area contributed by atoms with E-state index in [-0.39, 0.29) is 9.89 Å². The summed E-state index contributed by atoms with van der Waals surface area (Å²) < 4.78 is 6.33. The van der Waals surface area contributed by atoms with Crippen LogP contribution in [0.1, 0.15) is 19.2 Å². The second-order valence-corrected chi connectivity index (χ2v) is 5.02. The lowest BCUT2D eigenvalue weighted by atomic mass is 10.4. The van der Waals surface area contributed by atoms with Gasteiger partial charge in [-0.1, -0.05) is 29.5 Å². The Morgan fingerprint density at radius 2 is 2.47 bits per heavy atom. The first-order valence-corrected chi connectivity index (χ1v) is 6.72. The number of rotatable bonds is 7. The van der Waals surface area contributed by atoms with Crippen LogP contribution in [0, 0.1) is 0 Å². The lowest BCUT2D eigenvalue weighted by molar-refractivity contribution is -0.139. The van der Waals surface area contributed by atoms with E-state index in [2.05, 4.69) is 49.7 Å². The zero-order valence-electron chi connectivity index (χ0n) is 10.0. The molecule has 0 spiro atoms. The molecule has 1 unspecified atom stereocenters. The van der Waals surface area contributed by atoms with Crippen LogP contribution in [0.25, 0.3) is 0 Å². The van der Waals surface area contributed by atoms with E-state index in [4.69, 9.17) is 0 Å². The minimum Gasteiger partial charge on any atom is -0.468 e. The molecule has 0 saturated carbocycles. The number of halogens is 1. The van der Waals surface area contributed by atoms with E-state index >= 15 is 0 Å². The Bertz CT molecular complexity index is 356. The third-order valence-electron chi connectivity index (χ3n) is 2.19. The number of nitrogens with zero attached hydrogens (tertiary/aromatic N) is 3. The van der Waals surface area contributed by atoms with Crippen LogP contribution in [0.2, 0.25) is 0 Å². The molecule has 0 amide bonds. The first-order chi connectivity index (χ1) is 8.19. The highest BCUT2D eigenvalue weighted by atomic mass is 127. The second-order valence-electron chi connectivity index (χ2n) is 3.52. The first kappa shape index (κ1) is 14.4. The number of hydrogen-bond donors (Lipinski definition) is 1.